The Labute approximate surface area is 146 Å². The lowest BCUT2D eigenvalue weighted by molar-refractivity contribution is -0.172. The SMILES string of the molecule is O=C1C=CC(=O)C(OC(=O)C(O)(c2ccccc2)C2CCCCC2)=C1. The van der Waals surface area contributed by atoms with Crippen LogP contribution in [0, 0.1) is 5.92 Å². The van der Waals surface area contributed by atoms with E-state index in [9.17, 15) is 19.5 Å². The second-order valence-corrected chi connectivity index (χ2v) is 6.47. The lowest BCUT2D eigenvalue weighted by atomic mass is 9.73. The molecule has 1 N–H and O–H groups in total. The molecular weight excluding hydrogens is 320 g/mol. The molecule has 0 aromatic heterocycles. The second kappa shape index (κ2) is 7.15. The van der Waals surface area contributed by atoms with Crippen LogP contribution in [0.2, 0.25) is 0 Å². The third-order valence-electron chi connectivity index (χ3n) is 4.84. The molecule has 0 bridgehead atoms. The van der Waals surface area contributed by atoms with E-state index in [0.29, 0.717) is 18.4 Å². The van der Waals surface area contributed by atoms with Crippen LogP contribution < -0.4 is 0 Å². The number of carbonyl (C=O) groups excluding carboxylic acids is 3. The van der Waals surface area contributed by atoms with E-state index in [4.69, 9.17) is 4.74 Å². The molecule has 5 heteroatoms. The second-order valence-electron chi connectivity index (χ2n) is 6.47. The third-order valence-corrected chi connectivity index (χ3v) is 4.84. The Bertz CT molecular complexity index is 741. The fraction of sp³-hybridized carbons (Fsp3) is 0.350. The van der Waals surface area contributed by atoms with Crippen molar-refractivity contribution >= 4 is 17.5 Å². The van der Waals surface area contributed by atoms with Crippen LogP contribution in [-0.2, 0) is 24.7 Å². The van der Waals surface area contributed by atoms with Gasteiger partial charge < -0.3 is 9.84 Å². The summed E-state index contributed by atoms with van der Waals surface area (Å²) in [5, 5.41) is 11.3. The standard InChI is InChI=1S/C20H20O5/c21-16-11-12-17(22)18(13-16)25-19(23)20(24,14-7-3-1-4-8-14)15-9-5-2-6-10-15/h1,3-4,7-8,11-13,15,24H,2,5-6,9-10H2. The molecule has 1 aromatic rings. The van der Waals surface area contributed by atoms with E-state index in [-0.39, 0.29) is 11.7 Å². The summed E-state index contributed by atoms with van der Waals surface area (Å²) in [5.41, 5.74) is -1.40. The molecule has 1 fully saturated rings. The van der Waals surface area contributed by atoms with E-state index >= 15 is 0 Å². The van der Waals surface area contributed by atoms with Gasteiger partial charge in [0.15, 0.2) is 17.1 Å². The van der Waals surface area contributed by atoms with Gasteiger partial charge in [-0.15, -0.1) is 0 Å². The number of carbonyl (C=O) groups is 3. The van der Waals surface area contributed by atoms with E-state index in [1.165, 1.54) is 0 Å². The molecule has 0 saturated heterocycles. The fourth-order valence-corrected chi connectivity index (χ4v) is 3.48. The molecule has 1 unspecified atom stereocenters. The monoisotopic (exact) mass is 340 g/mol. The van der Waals surface area contributed by atoms with Crippen LogP contribution in [0.3, 0.4) is 0 Å². The molecule has 0 spiro atoms. The summed E-state index contributed by atoms with van der Waals surface area (Å²) in [6.07, 6.45) is 7.48. The van der Waals surface area contributed by atoms with Gasteiger partial charge in [-0.05, 0) is 30.6 Å². The first-order valence-corrected chi connectivity index (χ1v) is 8.50. The maximum Gasteiger partial charge on any atom is 0.348 e. The number of aliphatic hydroxyl groups is 1. The van der Waals surface area contributed by atoms with Crippen LogP contribution in [0.25, 0.3) is 0 Å². The van der Waals surface area contributed by atoms with E-state index in [0.717, 1.165) is 37.5 Å². The quantitative estimate of drug-likeness (QED) is 0.673. The van der Waals surface area contributed by atoms with Gasteiger partial charge in [0.05, 0.1) is 0 Å². The Morgan fingerprint density at radius 1 is 1.04 bits per heavy atom. The molecule has 25 heavy (non-hydrogen) atoms. The van der Waals surface area contributed by atoms with Gasteiger partial charge in [-0.1, -0.05) is 49.6 Å². The molecule has 1 saturated carbocycles. The van der Waals surface area contributed by atoms with Crippen molar-refractivity contribution in [2.75, 3.05) is 0 Å². The van der Waals surface area contributed by atoms with Crippen molar-refractivity contribution in [2.45, 2.75) is 37.7 Å². The van der Waals surface area contributed by atoms with Gasteiger partial charge in [0, 0.05) is 12.0 Å². The first kappa shape index (κ1) is 17.3. The first-order chi connectivity index (χ1) is 12.0. The van der Waals surface area contributed by atoms with Gasteiger partial charge in [-0.25, -0.2) is 4.79 Å². The van der Waals surface area contributed by atoms with Gasteiger partial charge in [-0.2, -0.15) is 0 Å². The summed E-state index contributed by atoms with van der Waals surface area (Å²) in [7, 11) is 0. The Morgan fingerprint density at radius 3 is 2.40 bits per heavy atom. The summed E-state index contributed by atoms with van der Waals surface area (Å²) in [5.74, 6) is -2.53. The van der Waals surface area contributed by atoms with E-state index < -0.39 is 23.1 Å². The Morgan fingerprint density at radius 2 is 1.72 bits per heavy atom. The van der Waals surface area contributed by atoms with Crippen molar-refractivity contribution in [3.05, 3.63) is 59.9 Å². The number of ketones is 2. The van der Waals surface area contributed by atoms with Gasteiger partial charge in [0.25, 0.3) is 0 Å². The molecular formula is C20H20O5. The summed E-state index contributed by atoms with van der Waals surface area (Å²) in [6, 6.07) is 8.64. The Kier molecular flexibility index (Phi) is 4.95. The summed E-state index contributed by atoms with van der Waals surface area (Å²) in [4.78, 5) is 36.2. The normalized spacial score (nSPS) is 20.8. The number of rotatable bonds is 4. The zero-order valence-corrected chi connectivity index (χ0v) is 13.8. The highest BCUT2D eigenvalue weighted by Gasteiger charge is 2.47. The van der Waals surface area contributed by atoms with Crippen LogP contribution >= 0.6 is 0 Å². The maximum absolute atomic E-state index is 12.9. The van der Waals surface area contributed by atoms with Crippen LogP contribution in [0.1, 0.15) is 37.7 Å². The number of allylic oxidation sites excluding steroid dienone is 3. The molecule has 2 aliphatic carbocycles. The molecule has 1 atom stereocenters. The average molecular weight is 340 g/mol. The van der Waals surface area contributed by atoms with Gasteiger partial charge in [-0.3, -0.25) is 9.59 Å². The Hall–Kier alpha value is -2.53. The average Bonchev–Trinajstić information content (AvgIpc) is 2.65. The summed E-state index contributed by atoms with van der Waals surface area (Å²) < 4.78 is 5.20. The van der Waals surface area contributed by atoms with Crippen LogP contribution in [0.4, 0.5) is 0 Å². The van der Waals surface area contributed by atoms with Crippen LogP contribution in [-0.4, -0.2) is 22.6 Å². The number of ether oxygens (including phenoxy) is 1. The lowest BCUT2D eigenvalue weighted by Crippen LogP contribution is -2.45. The fourth-order valence-electron chi connectivity index (χ4n) is 3.48. The summed E-state index contributed by atoms with van der Waals surface area (Å²) >= 11 is 0. The predicted octanol–water partition coefficient (Wildman–Crippen LogP) is 2.59. The minimum absolute atomic E-state index is 0.290. The molecule has 2 aliphatic rings. The summed E-state index contributed by atoms with van der Waals surface area (Å²) in [6.45, 7) is 0. The van der Waals surface area contributed by atoms with Crippen molar-refractivity contribution in [2.24, 2.45) is 5.92 Å². The van der Waals surface area contributed by atoms with Crippen molar-refractivity contribution in [3.8, 4) is 0 Å². The van der Waals surface area contributed by atoms with E-state index in [1.54, 1.807) is 30.3 Å². The zero-order chi connectivity index (χ0) is 17.9. The topological polar surface area (TPSA) is 80.7 Å². The first-order valence-electron chi connectivity index (χ1n) is 8.50. The van der Waals surface area contributed by atoms with Crippen molar-refractivity contribution in [1.29, 1.82) is 0 Å². The van der Waals surface area contributed by atoms with Gasteiger partial charge in [0.2, 0.25) is 5.78 Å². The largest absolute Gasteiger partial charge is 0.420 e. The van der Waals surface area contributed by atoms with Crippen molar-refractivity contribution in [3.63, 3.8) is 0 Å². The number of benzene rings is 1. The van der Waals surface area contributed by atoms with E-state index in [2.05, 4.69) is 0 Å². The van der Waals surface area contributed by atoms with Crippen molar-refractivity contribution in [1.82, 2.24) is 0 Å². The lowest BCUT2D eigenvalue weighted by Gasteiger charge is -2.36. The molecule has 0 aliphatic heterocycles. The highest BCUT2D eigenvalue weighted by Crippen LogP contribution is 2.40. The predicted molar refractivity (Wildman–Crippen MR) is 90.2 cm³/mol. The van der Waals surface area contributed by atoms with Crippen LogP contribution in [0.5, 0.6) is 0 Å². The van der Waals surface area contributed by atoms with Crippen molar-refractivity contribution < 1.29 is 24.2 Å². The number of hydrogen-bond acceptors (Lipinski definition) is 5. The van der Waals surface area contributed by atoms with Gasteiger partial charge in [0.1, 0.15) is 0 Å². The van der Waals surface area contributed by atoms with Crippen LogP contribution in [0.15, 0.2) is 54.3 Å². The molecule has 5 nitrogen and oxygen atoms in total. The molecule has 0 radical (unpaired) electrons. The Balaban J connectivity index is 1.92. The minimum Gasteiger partial charge on any atom is -0.420 e. The highest BCUT2D eigenvalue weighted by atomic mass is 16.6. The maximum atomic E-state index is 12.9. The molecule has 0 amide bonds. The van der Waals surface area contributed by atoms with Gasteiger partial charge >= 0.3 is 5.97 Å². The minimum atomic E-state index is -1.84. The molecule has 3 rings (SSSR count). The third kappa shape index (κ3) is 3.46. The smallest absolute Gasteiger partial charge is 0.348 e. The molecule has 130 valence electrons. The molecule has 0 heterocycles. The number of hydrogen-bond donors (Lipinski definition) is 1. The zero-order valence-electron chi connectivity index (χ0n) is 13.8. The number of esters is 1. The highest BCUT2D eigenvalue weighted by molar-refractivity contribution is 6.17. The molecule has 1 aromatic carbocycles. The van der Waals surface area contributed by atoms with E-state index in [1.807, 2.05) is 0 Å².